The monoisotopic (exact) mass is 295 g/mol. The lowest BCUT2D eigenvalue weighted by Gasteiger charge is -2.02. The van der Waals surface area contributed by atoms with Crippen molar-refractivity contribution in [2.75, 3.05) is 12.5 Å². The number of hydrogen-bond donors (Lipinski definition) is 2. The van der Waals surface area contributed by atoms with Crippen LogP contribution in [0.5, 0.6) is 5.75 Å². The maximum atomic E-state index is 5.27. The van der Waals surface area contributed by atoms with E-state index in [4.69, 9.17) is 4.74 Å². The number of aromatic amines is 1. The quantitative estimate of drug-likeness (QED) is 0.426. The molecule has 0 spiro atoms. The Labute approximate surface area is 127 Å². The molecule has 3 rings (SSSR count). The largest absolute Gasteiger partial charge is 0.496 e. The maximum absolute atomic E-state index is 5.27. The summed E-state index contributed by atoms with van der Waals surface area (Å²) in [4.78, 5) is 0. The zero-order chi connectivity index (χ0) is 15.2. The third-order valence-electron chi connectivity index (χ3n) is 2.95. The van der Waals surface area contributed by atoms with Crippen molar-refractivity contribution in [1.29, 1.82) is 0 Å². The Morgan fingerprint density at radius 3 is 3.09 bits per heavy atom. The fourth-order valence-corrected chi connectivity index (χ4v) is 1.92. The molecule has 2 heterocycles. The van der Waals surface area contributed by atoms with E-state index in [0.717, 1.165) is 17.0 Å². The number of anilines is 1. The van der Waals surface area contributed by atoms with Crippen molar-refractivity contribution in [3.63, 3.8) is 0 Å². The van der Waals surface area contributed by atoms with Crippen LogP contribution in [0.15, 0.2) is 53.9 Å². The zero-order valence-corrected chi connectivity index (χ0v) is 12.0. The van der Waals surface area contributed by atoms with Crippen molar-refractivity contribution >= 4 is 23.8 Å². The van der Waals surface area contributed by atoms with Gasteiger partial charge in [0.2, 0.25) is 6.33 Å². The summed E-state index contributed by atoms with van der Waals surface area (Å²) in [5, 5.41) is 15.1. The Morgan fingerprint density at radius 1 is 1.27 bits per heavy atom. The second-order valence-electron chi connectivity index (χ2n) is 4.38. The molecule has 0 saturated heterocycles. The Bertz CT molecular complexity index is 824. The molecule has 0 bridgehead atoms. The summed E-state index contributed by atoms with van der Waals surface area (Å²) in [7, 11) is 1.65. The van der Waals surface area contributed by atoms with Gasteiger partial charge in [-0.15, -0.1) is 9.61 Å². The summed E-state index contributed by atoms with van der Waals surface area (Å²) in [5.41, 5.74) is 4.59. The first kappa shape index (κ1) is 13.7. The van der Waals surface area contributed by atoms with Gasteiger partial charge in [0.05, 0.1) is 7.11 Å². The number of ether oxygens (including phenoxy) is 1. The Hall–Kier alpha value is -3.22. The number of allylic oxidation sites excluding steroid dienone is 1. The zero-order valence-electron chi connectivity index (χ0n) is 12.0. The van der Waals surface area contributed by atoms with E-state index >= 15 is 0 Å². The Morgan fingerprint density at radius 2 is 2.18 bits per heavy atom. The van der Waals surface area contributed by atoms with Gasteiger partial charge < -0.3 is 4.74 Å². The predicted octanol–water partition coefficient (Wildman–Crippen LogP) is 1.66. The molecule has 0 radical (unpaired) electrons. The Kier molecular flexibility index (Phi) is 4.05. The van der Waals surface area contributed by atoms with Gasteiger partial charge in [0, 0.05) is 22.9 Å². The van der Waals surface area contributed by atoms with Crippen molar-refractivity contribution in [3.05, 3.63) is 54.4 Å². The normalized spacial score (nSPS) is 11.5. The minimum atomic E-state index is 0.626. The summed E-state index contributed by atoms with van der Waals surface area (Å²) >= 11 is 0. The number of aromatic nitrogens is 4. The molecule has 3 aromatic rings. The van der Waals surface area contributed by atoms with Gasteiger partial charge in [0.15, 0.2) is 5.82 Å². The minimum Gasteiger partial charge on any atom is -0.496 e. The van der Waals surface area contributed by atoms with Crippen LogP contribution in [0.3, 0.4) is 0 Å². The van der Waals surface area contributed by atoms with E-state index in [1.165, 1.54) is 0 Å². The molecule has 0 aliphatic carbocycles. The van der Waals surface area contributed by atoms with Gasteiger partial charge in [-0.3, -0.25) is 5.43 Å². The standard InChI is InChI=1S/C15H14N6O/c1-22-13-7-3-2-5-12(13)6-4-10-16-18-14-8-9-15-19-17-11-21(15)20-14/h2-11H,1H3,(H,18,20)/p+1. The lowest BCUT2D eigenvalue weighted by molar-refractivity contribution is -0.579. The van der Waals surface area contributed by atoms with Crippen molar-refractivity contribution in [1.82, 2.24) is 15.3 Å². The van der Waals surface area contributed by atoms with E-state index in [2.05, 4.69) is 25.8 Å². The number of nitrogens with one attached hydrogen (secondary N) is 2. The lowest BCUT2D eigenvalue weighted by Crippen LogP contribution is -2.24. The van der Waals surface area contributed by atoms with Crippen molar-refractivity contribution in [2.24, 2.45) is 5.10 Å². The maximum Gasteiger partial charge on any atom is 0.325 e. The molecule has 110 valence electrons. The van der Waals surface area contributed by atoms with Crippen LogP contribution in [-0.4, -0.2) is 28.6 Å². The first-order valence-electron chi connectivity index (χ1n) is 6.68. The molecule has 0 unspecified atom stereocenters. The first-order chi connectivity index (χ1) is 10.9. The molecule has 7 nitrogen and oxygen atoms in total. The smallest absolute Gasteiger partial charge is 0.325 e. The fourth-order valence-electron chi connectivity index (χ4n) is 1.92. The van der Waals surface area contributed by atoms with E-state index in [-0.39, 0.29) is 0 Å². The summed E-state index contributed by atoms with van der Waals surface area (Å²) in [5.74, 6) is 1.45. The van der Waals surface area contributed by atoms with Crippen molar-refractivity contribution in [2.45, 2.75) is 0 Å². The molecule has 0 aliphatic heterocycles. The van der Waals surface area contributed by atoms with Crippen LogP contribution < -0.4 is 14.7 Å². The number of methoxy groups -OCH3 is 1. The molecule has 0 amide bonds. The molecule has 0 fully saturated rings. The summed E-state index contributed by atoms with van der Waals surface area (Å²) in [6, 6.07) is 11.4. The van der Waals surface area contributed by atoms with E-state index in [9.17, 15) is 0 Å². The van der Waals surface area contributed by atoms with Gasteiger partial charge >= 0.3 is 5.65 Å². The highest BCUT2D eigenvalue weighted by Crippen LogP contribution is 2.18. The molecule has 2 aromatic heterocycles. The van der Waals surface area contributed by atoms with Crippen LogP contribution in [0.4, 0.5) is 5.82 Å². The number of rotatable bonds is 5. The highest BCUT2D eigenvalue weighted by Gasteiger charge is 2.04. The van der Waals surface area contributed by atoms with E-state index < -0.39 is 0 Å². The minimum absolute atomic E-state index is 0.626. The second kappa shape index (κ2) is 6.49. The molecule has 1 aromatic carbocycles. The highest BCUT2D eigenvalue weighted by atomic mass is 16.5. The second-order valence-corrected chi connectivity index (χ2v) is 4.38. The molecule has 0 atom stereocenters. The lowest BCUT2D eigenvalue weighted by atomic mass is 10.2. The van der Waals surface area contributed by atoms with E-state index in [0.29, 0.717) is 5.82 Å². The van der Waals surface area contributed by atoms with Crippen LogP contribution >= 0.6 is 0 Å². The number of benzene rings is 1. The SMILES string of the molecule is COc1ccccc1C=CC=NNc1ccc2n[nH]c[n+]2n1. The summed E-state index contributed by atoms with van der Waals surface area (Å²) < 4.78 is 6.90. The Balaban J connectivity index is 1.63. The van der Waals surface area contributed by atoms with Gasteiger partial charge in [-0.05, 0) is 24.3 Å². The number of para-hydroxylation sites is 1. The number of hydrogen-bond acceptors (Lipinski definition) is 5. The third-order valence-corrected chi connectivity index (χ3v) is 2.95. The first-order valence-corrected chi connectivity index (χ1v) is 6.68. The van der Waals surface area contributed by atoms with E-state index in [1.807, 2.05) is 42.5 Å². The van der Waals surface area contributed by atoms with Crippen molar-refractivity contribution in [3.8, 4) is 5.75 Å². The summed E-state index contributed by atoms with van der Waals surface area (Å²) in [6.07, 6.45) is 7.06. The molecule has 0 saturated carbocycles. The molecule has 2 N–H and O–H groups in total. The topological polar surface area (TPSA) is 79.3 Å². The number of H-pyrrole nitrogens is 1. The predicted molar refractivity (Wildman–Crippen MR) is 83.7 cm³/mol. The molecular formula is C15H15N6O+. The van der Waals surface area contributed by atoms with Crippen LogP contribution in [0, 0.1) is 0 Å². The molecule has 0 aliphatic rings. The van der Waals surface area contributed by atoms with Gasteiger partial charge in [-0.25, -0.2) is 0 Å². The number of nitrogens with zero attached hydrogens (tertiary/aromatic N) is 4. The van der Waals surface area contributed by atoms with Gasteiger partial charge in [0.25, 0.3) is 0 Å². The average Bonchev–Trinajstić information content (AvgIpc) is 3.02. The molecular weight excluding hydrogens is 280 g/mol. The van der Waals surface area contributed by atoms with Crippen LogP contribution in [-0.2, 0) is 0 Å². The van der Waals surface area contributed by atoms with Crippen molar-refractivity contribution < 1.29 is 9.25 Å². The van der Waals surface area contributed by atoms with Crippen LogP contribution in [0.2, 0.25) is 0 Å². The average molecular weight is 295 g/mol. The highest BCUT2D eigenvalue weighted by molar-refractivity contribution is 5.79. The van der Waals surface area contributed by atoms with Gasteiger partial charge in [-0.2, -0.15) is 5.10 Å². The molecule has 7 heteroatoms. The number of fused-ring (bicyclic) bond motifs is 1. The molecule has 22 heavy (non-hydrogen) atoms. The van der Waals surface area contributed by atoms with Gasteiger partial charge in [-0.1, -0.05) is 23.3 Å². The number of hydrazone groups is 1. The van der Waals surface area contributed by atoms with Crippen LogP contribution in [0.25, 0.3) is 11.7 Å². The summed E-state index contributed by atoms with van der Waals surface area (Å²) in [6.45, 7) is 0. The fraction of sp³-hybridized carbons (Fsp3) is 0.0667. The third kappa shape index (κ3) is 3.09. The van der Waals surface area contributed by atoms with E-state index in [1.54, 1.807) is 30.2 Å². The van der Waals surface area contributed by atoms with Gasteiger partial charge in [0.1, 0.15) is 5.75 Å². The van der Waals surface area contributed by atoms with Crippen LogP contribution in [0.1, 0.15) is 5.56 Å².